The molecule has 0 unspecified atom stereocenters. The van der Waals surface area contributed by atoms with Gasteiger partial charge < -0.3 is 10.4 Å². The smallest absolute Gasteiger partial charge is 0.307 e. The van der Waals surface area contributed by atoms with Crippen molar-refractivity contribution in [1.29, 1.82) is 0 Å². The third-order valence-corrected chi connectivity index (χ3v) is 8.54. The highest BCUT2D eigenvalue weighted by molar-refractivity contribution is 8.01. The van der Waals surface area contributed by atoms with Crippen LogP contribution in [0.1, 0.15) is 37.6 Å². The average Bonchev–Trinajstić information content (AvgIpc) is 3.43. The average molecular weight is 506 g/mol. The Labute approximate surface area is 202 Å². The van der Waals surface area contributed by atoms with E-state index in [1.165, 1.54) is 34.4 Å². The lowest BCUT2D eigenvalue weighted by molar-refractivity contribution is -0.147. The number of rotatable bonds is 8. The summed E-state index contributed by atoms with van der Waals surface area (Å²) >= 11 is 4.13. The molecule has 1 aliphatic carbocycles. The molecule has 2 aromatic heterocycles. The Balaban J connectivity index is 1.36. The number of aliphatic carboxylic acids is 1. The Hall–Kier alpha value is -2.57. The van der Waals surface area contributed by atoms with E-state index in [1.807, 2.05) is 19.1 Å². The molecule has 1 saturated carbocycles. The number of carbonyl (C=O) groups is 3. The van der Waals surface area contributed by atoms with Crippen molar-refractivity contribution < 1.29 is 19.5 Å². The van der Waals surface area contributed by atoms with E-state index in [4.69, 9.17) is 0 Å². The van der Waals surface area contributed by atoms with Gasteiger partial charge in [0.2, 0.25) is 16.9 Å². The zero-order chi connectivity index (χ0) is 23.4. The van der Waals surface area contributed by atoms with Crippen LogP contribution in [0, 0.1) is 11.8 Å². The summed E-state index contributed by atoms with van der Waals surface area (Å²) in [5, 5.41) is 24.3. The Kier molecular flexibility index (Phi) is 7.56. The number of aryl methyl sites for hydroxylation is 1. The molecule has 1 aliphatic rings. The summed E-state index contributed by atoms with van der Waals surface area (Å²) in [6.45, 7) is 1.98. The fraction of sp³-hybridized carbons (Fsp3) is 0.429. The monoisotopic (exact) mass is 505 g/mol. The maximum Gasteiger partial charge on any atom is 0.307 e. The van der Waals surface area contributed by atoms with E-state index >= 15 is 0 Å². The molecule has 174 valence electrons. The van der Waals surface area contributed by atoms with Crippen LogP contribution in [0.3, 0.4) is 0 Å². The molecular weight excluding hydrogens is 482 g/mol. The van der Waals surface area contributed by atoms with Crippen LogP contribution in [-0.2, 0) is 20.8 Å². The number of nitrogens with one attached hydrogen (secondary N) is 2. The molecule has 4 rings (SSSR count). The Morgan fingerprint density at radius 1 is 1.12 bits per heavy atom. The van der Waals surface area contributed by atoms with Crippen LogP contribution >= 0.6 is 34.4 Å². The maximum absolute atomic E-state index is 12.7. The maximum atomic E-state index is 12.7. The molecule has 0 saturated heterocycles. The van der Waals surface area contributed by atoms with Crippen LogP contribution in [-0.4, -0.2) is 43.8 Å². The number of aromatic nitrogens is 3. The number of thiazole rings is 1. The number of fused-ring (bicyclic) bond motifs is 1. The molecule has 3 N–H and O–H groups in total. The van der Waals surface area contributed by atoms with Crippen LogP contribution in [0.5, 0.6) is 0 Å². The fourth-order valence-corrected chi connectivity index (χ4v) is 6.35. The highest BCUT2D eigenvalue weighted by Gasteiger charge is 2.35. The minimum Gasteiger partial charge on any atom is -0.481 e. The van der Waals surface area contributed by atoms with Crippen molar-refractivity contribution in [3.63, 3.8) is 0 Å². The third-order valence-electron chi connectivity index (χ3n) is 5.40. The molecule has 0 spiro atoms. The van der Waals surface area contributed by atoms with Gasteiger partial charge >= 0.3 is 5.97 Å². The standard InChI is InChI=1S/C21H23N5O4S3/c1-2-17-25-26-20(33-17)24-16(27)10-31-21-23-14-8-7-11(9-15(14)32-21)22-18(28)12-5-3-4-6-13(12)19(29)30/h7-9,12-13H,2-6,10H2,1H3,(H,22,28)(H,29,30)(H,24,26,27)/t12-,13+/m1/s1. The van der Waals surface area contributed by atoms with E-state index in [1.54, 1.807) is 6.07 Å². The van der Waals surface area contributed by atoms with Crippen molar-refractivity contribution in [3.8, 4) is 0 Å². The van der Waals surface area contributed by atoms with E-state index < -0.39 is 17.8 Å². The van der Waals surface area contributed by atoms with Crippen molar-refractivity contribution >= 4 is 73.3 Å². The number of benzene rings is 1. The van der Waals surface area contributed by atoms with Gasteiger partial charge in [0.25, 0.3) is 0 Å². The van der Waals surface area contributed by atoms with E-state index in [9.17, 15) is 19.5 Å². The molecule has 0 bridgehead atoms. The summed E-state index contributed by atoms with van der Waals surface area (Å²) in [6, 6.07) is 5.41. The topological polar surface area (TPSA) is 134 Å². The lowest BCUT2D eigenvalue weighted by Crippen LogP contribution is -2.36. The largest absolute Gasteiger partial charge is 0.481 e. The minimum atomic E-state index is -0.907. The molecule has 1 aromatic carbocycles. The van der Waals surface area contributed by atoms with Gasteiger partial charge in [-0.3, -0.25) is 19.7 Å². The summed E-state index contributed by atoms with van der Waals surface area (Å²) < 4.78 is 1.62. The minimum absolute atomic E-state index is 0.175. The zero-order valence-electron chi connectivity index (χ0n) is 17.9. The number of thioether (sulfide) groups is 1. The molecule has 2 amide bonds. The molecule has 0 radical (unpaired) electrons. The summed E-state index contributed by atoms with van der Waals surface area (Å²) in [6.07, 6.45) is 3.60. The van der Waals surface area contributed by atoms with Crippen LogP contribution in [0.15, 0.2) is 22.5 Å². The predicted octanol–water partition coefficient (Wildman–Crippen LogP) is 4.27. The Morgan fingerprint density at radius 3 is 2.64 bits per heavy atom. The van der Waals surface area contributed by atoms with Crippen LogP contribution < -0.4 is 10.6 Å². The number of carbonyl (C=O) groups excluding carboxylic acids is 2. The van der Waals surface area contributed by atoms with E-state index in [0.29, 0.717) is 23.7 Å². The molecule has 1 fully saturated rings. The van der Waals surface area contributed by atoms with Crippen molar-refractivity contribution in [1.82, 2.24) is 15.2 Å². The number of anilines is 2. The highest BCUT2D eigenvalue weighted by Crippen LogP contribution is 2.33. The van der Waals surface area contributed by atoms with Crippen molar-refractivity contribution in [3.05, 3.63) is 23.2 Å². The van der Waals surface area contributed by atoms with Gasteiger partial charge in [0.15, 0.2) is 4.34 Å². The quantitative estimate of drug-likeness (QED) is 0.386. The van der Waals surface area contributed by atoms with Crippen molar-refractivity contribution in [2.75, 3.05) is 16.4 Å². The van der Waals surface area contributed by atoms with Gasteiger partial charge in [-0.05, 0) is 37.5 Å². The van der Waals surface area contributed by atoms with Crippen LogP contribution in [0.2, 0.25) is 0 Å². The number of nitrogens with zero attached hydrogens (tertiary/aromatic N) is 3. The van der Waals surface area contributed by atoms with Gasteiger partial charge in [-0.15, -0.1) is 21.5 Å². The van der Waals surface area contributed by atoms with Gasteiger partial charge in [0, 0.05) is 5.69 Å². The first kappa shape index (κ1) is 23.6. The first-order chi connectivity index (χ1) is 15.9. The molecule has 33 heavy (non-hydrogen) atoms. The number of amides is 2. The summed E-state index contributed by atoms with van der Waals surface area (Å²) in [5.74, 6) is -2.28. The summed E-state index contributed by atoms with van der Waals surface area (Å²) in [5.41, 5.74) is 1.39. The predicted molar refractivity (Wildman–Crippen MR) is 130 cm³/mol. The fourth-order valence-electron chi connectivity index (χ4n) is 3.75. The van der Waals surface area contributed by atoms with Crippen molar-refractivity contribution in [2.24, 2.45) is 11.8 Å². The van der Waals surface area contributed by atoms with E-state index in [-0.39, 0.29) is 17.6 Å². The second kappa shape index (κ2) is 10.6. The second-order valence-electron chi connectivity index (χ2n) is 7.68. The highest BCUT2D eigenvalue weighted by atomic mass is 32.2. The second-order valence-corrected chi connectivity index (χ2v) is 11.0. The van der Waals surface area contributed by atoms with Gasteiger partial charge in [0.1, 0.15) is 5.01 Å². The first-order valence-corrected chi connectivity index (χ1v) is 13.2. The zero-order valence-corrected chi connectivity index (χ0v) is 20.3. The molecule has 2 atom stereocenters. The number of hydrogen-bond donors (Lipinski definition) is 3. The van der Waals surface area contributed by atoms with Crippen LogP contribution in [0.25, 0.3) is 10.2 Å². The molecule has 3 aromatic rings. The summed E-state index contributed by atoms with van der Waals surface area (Å²) in [4.78, 5) is 41.0. The van der Waals surface area contributed by atoms with Crippen molar-refractivity contribution in [2.45, 2.75) is 43.4 Å². The van der Waals surface area contributed by atoms with E-state index in [0.717, 1.165) is 38.8 Å². The van der Waals surface area contributed by atoms with Gasteiger partial charge in [-0.2, -0.15) is 0 Å². The molecule has 0 aliphatic heterocycles. The summed E-state index contributed by atoms with van der Waals surface area (Å²) in [7, 11) is 0. The molecule has 2 heterocycles. The molecular formula is C21H23N5O4S3. The lowest BCUT2D eigenvalue weighted by atomic mass is 9.78. The number of hydrogen-bond acceptors (Lipinski definition) is 9. The van der Waals surface area contributed by atoms with Gasteiger partial charge in [0.05, 0.1) is 27.8 Å². The number of carboxylic acids is 1. The normalized spacial score (nSPS) is 18.2. The Morgan fingerprint density at radius 2 is 1.91 bits per heavy atom. The molecule has 12 heteroatoms. The van der Waals surface area contributed by atoms with Gasteiger partial charge in [-0.25, -0.2) is 4.98 Å². The lowest BCUT2D eigenvalue weighted by Gasteiger charge is -2.27. The SMILES string of the molecule is CCc1nnc(NC(=O)CSc2nc3ccc(NC(=O)[C@@H]4CCCC[C@@H]4C(=O)O)cc3s2)s1. The van der Waals surface area contributed by atoms with Crippen LogP contribution in [0.4, 0.5) is 10.8 Å². The van der Waals surface area contributed by atoms with E-state index in [2.05, 4.69) is 25.8 Å². The first-order valence-electron chi connectivity index (χ1n) is 10.6. The third kappa shape index (κ3) is 5.87. The number of carboxylic acid groups (broad SMARTS) is 1. The molecule has 9 nitrogen and oxygen atoms in total. The Bertz CT molecular complexity index is 1180. The van der Waals surface area contributed by atoms with Gasteiger partial charge in [-0.1, -0.05) is 42.9 Å².